The maximum absolute atomic E-state index is 11.7. The van der Waals surface area contributed by atoms with E-state index in [1.807, 2.05) is 41.4 Å². The third-order valence-electron chi connectivity index (χ3n) is 4.86. The molecular weight excluding hydrogens is 316 g/mol. The van der Waals surface area contributed by atoms with Gasteiger partial charge < -0.3 is 9.84 Å². The smallest absolute Gasteiger partial charge is 0.320 e. The van der Waals surface area contributed by atoms with Gasteiger partial charge in [-0.2, -0.15) is 0 Å². The highest BCUT2D eigenvalue weighted by atomic mass is 16.5. The molecule has 0 bridgehead atoms. The van der Waals surface area contributed by atoms with Crippen molar-refractivity contribution in [1.82, 2.24) is 9.88 Å². The fourth-order valence-electron chi connectivity index (χ4n) is 3.51. The monoisotopic (exact) mass is 340 g/mol. The Morgan fingerprint density at radius 3 is 2.88 bits per heavy atom. The zero-order chi connectivity index (χ0) is 17.8. The van der Waals surface area contributed by atoms with Crippen LogP contribution in [0.3, 0.4) is 0 Å². The number of aryl methyl sites for hydroxylation is 1. The summed E-state index contributed by atoms with van der Waals surface area (Å²) in [7, 11) is 1.64. The van der Waals surface area contributed by atoms with Gasteiger partial charge in [-0.1, -0.05) is 25.1 Å². The Morgan fingerprint density at radius 2 is 2.24 bits per heavy atom. The Labute approximate surface area is 148 Å². The number of carbonyl (C=O) groups is 1. The van der Waals surface area contributed by atoms with Crippen LogP contribution >= 0.6 is 0 Å². The second kappa shape index (κ2) is 7.66. The third kappa shape index (κ3) is 3.66. The SMILES string of the molecule is CCc1ccc(C(c2cccc(OC)c2)N2CCCC2C(=O)O)nc1. The zero-order valence-electron chi connectivity index (χ0n) is 14.7. The van der Waals surface area contributed by atoms with E-state index >= 15 is 0 Å². The molecule has 132 valence electrons. The van der Waals surface area contributed by atoms with E-state index < -0.39 is 12.0 Å². The fourth-order valence-corrected chi connectivity index (χ4v) is 3.51. The maximum atomic E-state index is 11.7. The lowest BCUT2D eigenvalue weighted by Gasteiger charge is -2.31. The van der Waals surface area contributed by atoms with Gasteiger partial charge in [0.2, 0.25) is 0 Å². The first-order chi connectivity index (χ1) is 12.1. The minimum Gasteiger partial charge on any atom is -0.497 e. The second-order valence-electron chi connectivity index (χ2n) is 6.36. The van der Waals surface area contributed by atoms with Gasteiger partial charge in [0.15, 0.2) is 0 Å². The lowest BCUT2D eigenvalue weighted by Crippen LogP contribution is -2.39. The van der Waals surface area contributed by atoms with Gasteiger partial charge in [-0.25, -0.2) is 0 Å². The summed E-state index contributed by atoms with van der Waals surface area (Å²) in [4.78, 5) is 18.4. The third-order valence-corrected chi connectivity index (χ3v) is 4.86. The van der Waals surface area contributed by atoms with Crippen molar-refractivity contribution in [3.05, 3.63) is 59.4 Å². The number of carboxylic acids is 1. The number of pyridine rings is 1. The van der Waals surface area contributed by atoms with Crippen LogP contribution in [-0.4, -0.2) is 40.7 Å². The van der Waals surface area contributed by atoms with Crippen molar-refractivity contribution >= 4 is 5.97 Å². The van der Waals surface area contributed by atoms with E-state index in [4.69, 9.17) is 4.74 Å². The molecule has 1 saturated heterocycles. The minimum atomic E-state index is -0.768. The van der Waals surface area contributed by atoms with E-state index in [2.05, 4.69) is 18.0 Å². The Kier molecular flexibility index (Phi) is 5.34. The standard InChI is InChI=1S/C20H24N2O3/c1-3-14-9-10-17(21-13-14)19(15-6-4-7-16(12-15)25-2)22-11-5-8-18(22)20(23)24/h4,6-7,9-10,12-13,18-19H,3,5,8,11H2,1-2H3,(H,23,24). The molecule has 1 fully saturated rings. The number of ether oxygens (including phenoxy) is 1. The van der Waals surface area contributed by atoms with Crippen LogP contribution in [0.1, 0.15) is 42.6 Å². The van der Waals surface area contributed by atoms with E-state index in [9.17, 15) is 9.90 Å². The van der Waals surface area contributed by atoms with E-state index in [0.29, 0.717) is 6.42 Å². The molecule has 2 atom stereocenters. The molecule has 0 spiro atoms. The molecule has 1 aliphatic rings. The topological polar surface area (TPSA) is 62.7 Å². The quantitative estimate of drug-likeness (QED) is 0.874. The number of aromatic nitrogens is 1. The van der Waals surface area contributed by atoms with Crippen LogP contribution in [0.4, 0.5) is 0 Å². The van der Waals surface area contributed by atoms with E-state index in [-0.39, 0.29) is 6.04 Å². The summed E-state index contributed by atoms with van der Waals surface area (Å²) in [6, 6.07) is 11.2. The first kappa shape index (κ1) is 17.4. The summed E-state index contributed by atoms with van der Waals surface area (Å²) < 4.78 is 5.36. The van der Waals surface area contributed by atoms with E-state index in [1.165, 1.54) is 5.56 Å². The van der Waals surface area contributed by atoms with Crippen molar-refractivity contribution in [3.63, 3.8) is 0 Å². The lowest BCUT2D eigenvalue weighted by molar-refractivity contribution is -0.142. The number of benzene rings is 1. The summed E-state index contributed by atoms with van der Waals surface area (Å²) in [6.07, 6.45) is 4.36. The second-order valence-corrected chi connectivity index (χ2v) is 6.36. The van der Waals surface area contributed by atoms with E-state index in [0.717, 1.165) is 36.4 Å². The first-order valence-electron chi connectivity index (χ1n) is 8.71. The summed E-state index contributed by atoms with van der Waals surface area (Å²) in [5, 5.41) is 9.62. The van der Waals surface area contributed by atoms with Crippen LogP contribution < -0.4 is 4.74 Å². The van der Waals surface area contributed by atoms with Crippen LogP contribution in [0.25, 0.3) is 0 Å². The van der Waals surface area contributed by atoms with Crippen LogP contribution in [0.5, 0.6) is 5.75 Å². The molecule has 0 saturated carbocycles. The predicted molar refractivity (Wildman–Crippen MR) is 95.8 cm³/mol. The molecule has 3 rings (SSSR count). The molecule has 2 unspecified atom stereocenters. The average molecular weight is 340 g/mol. The number of nitrogens with zero attached hydrogens (tertiary/aromatic N) is 2. The molecule has 2 aromatic rings. The summed E-state index contributed by atoms with van der Waals surface area (Å²) >= 11 is 0. The molecule has 1 aromatic carbocycles. The van der Waals surface area contributed by atoms with Crippen molar-refractivity contribution < 1.29 is 14.6 Å². The molecule has 25 heavy (non-hydrogen) atoms. The largest absolute Gasteiger partial charge is 0.497 e. The number of rotatable bonds is 6. The van der Waals surface area contributed by atoms with Gasteiger partial charge in [0.05, 0.1) is 18.8 Å². The highest BCUT2D eigenvalue weighted by Crippen LogP contribution is 2.35. The molecule has 1 aliphatic heterocycles. The van der Waals surface area contributed by atoms with Crippen molar-refractivity contribution in [3.8, 4) is 5.75 Å². The van der Waals surface area contributed by atoms with Crippen LogP contribution in [0.2, 0.25) is 0 Å². The molecule has 0 amide bonds. The molecule has 1 N–H and O–H groups in total. The number of likely N-dealkylation sites (tertiary alicyclic amines) is 1. The lowest BCUT2D eigenvalue weighted by atomic mass is 9.99. The molecule has 2 heterocycles. The highest BCUT2D eigenvalue weighted by Gasteiger charge is 2.37. The predicted octanol–water partition coefficient (Wildman–Crippen LogP) is 3.29. The Balaban J connectivity index is 2.05. The molecule has 5 nitrogen and oxygen atoms in total. The summed E-state index contributed by atoms with van der Waals surface area (Å²) in [6.45, 7) is 2.84. The van der Waals surface area contributed by atoms with Crippen molar-refractivity contribution in [2.45, 2.75) is 38.3 Å². The Bertz CT molecular complexity index is 730. The Morgan fingerprint density at radius 1 is 1.40 bits per heavy atom. The molecule has 1 aromatic heterocycles. The summed E-state index contributed by atoms with van der Waals surface area (Å²) in [5.74, 6) is -0.00525. The van der Waals surface area contributed by atoms with Crippen LogP contribution in [0, 0.1) is 0 Å². The number of methoxy groups -OCH3 is 1. The average Bonchev–Trinajstić information content (AvgIpc) is 3.12. The minimum absolute atomic E-state index is 0.190. The Hall–Kier alpha value is -2.40. The van der Waals surface area contributed by atoms with Crippen molar-refractivity contribution in [1.29, 1.82) is 0 Å². The van der Waals surface area contributed by atoms with Crippen molar-refractivity contribution in [2.75, 3.05) is 13.7 Å². The fraction of sp³-hybridized carbons (Fsp3) is 0.400. The number of hydrogen-bond donors (Lipinski definition) is 1. The van der Waals surface area contributed by atoms with Gasteiger partial charge in [-0.3, -0.25) is 14.7 Å². The molecular formula is C20H24N2O3. The van der Waals surface area contributed by atoms with Gasteiger partial charge in [-0.05, 0) is 48.6 Å². The molecule has 0 radical (unpaired) electrons. The molecule has 5 heteroatoms. The number of carboxylic acid groups (broad SMARTS) is 1. The van der Waals surface area contributed by atoms with Crippen LogP contribution in [-0.2, 0) is 11.2 Å². The van der Waals surface area contributed by atoms with Crippen molar-refractivity contribution in [2.24, 2.45) is 0 Å². The molecule has 0 aliphatic carbocycles. The van der Waals surface area contributed by atoms with Gasteiger partial charge >= 0.3 is 5.97 Å². The first-order valence-corrected chi connectivity index (χ1v) is 8.71. The van der Waals surface area contributed by atoms with Gasteiger partial charge in [-0.15, -0.1) is 0 Å². The highest BCUT2D eigenvalue weighted by molar-refractivity contribution is 5.74. The maximum Gasteiger partial charge on any atom is 0.320 e. The number of aliphatic carboxylic acids is 1. The number of hydrogen-bond acceptors (Lipinski definition) is 4. The van der Waals surface area contributed by atoms with Gasteiger partial charge in [0, 0.05) is 12.7 Å². The summed E-state index contributed by atoms with van der Waals surface area (Å²) in [5.41, 5.74) is 3.05. The van der Waals surface area contributed by atoms with Crippen LogP contribution in [0.15, 0.2) is 42.6 Å². The van der Waals surface area contributed by atoms with Gasteiger partial charge in [0.25, 0.3) is 0 Å². The zero-order valence-corrected chi connectivity index (χ0v) is 14.7. The van der Waals surface area contributed by atoms with E-state index in [1.54, 1.807) is 7.11 Å². The normalized spacial score (nSPS) is 18.9. The van der Waals surface area contributed by atoms with Gasteiger partial charge in [0.1, 0.15) is 11.8 Å².